The number of aliphatic carboxylic acids is 1. The number of carboxylic acid groups (broad SMARTS) is 2. The fraction of sp³-hybridized carbons (Fsp3) is 0.333. The Morgan fingerprint density at radius 3 is 2.51 bits per heavy atom. The minimum atomic E-state index is -0.996. The molecule has 2 fully saturated rings. The van der Waals surface area contributed by atoms with Gasteiger partial charge in [-0.3, -0.25) is 9.69 Å². The number of likely N-dealkylation sites (tertiary alicyclic amines) is 1. The van der Waals surface area contributed by atoms with Gasteiger partial charge in [0, 0.05) is 42.4 Å². The highest BCUT2D eigenvalue weighted by molar-refractivity contribution is 6.30. The summed E-state index contributed by atoms with van der Waals surface area (Å²) >= 11 is 5.80. The van der Waals surface area contributed by atoms with Crippen LogP contribution in [0.15, 0.2) is 54.6 Å². The molecule has 6 rings (SSSR count). The third-order valence-electron chi connectivity index (χ3n) is 7.80. The van der Waals surface area contributed by atoms with E-state index >= 15 is 0 Å². The van der Waals surface area contributed by atoms with Crippen LogP contribution in [-0.2, 0) is 34.0 Å². The van der Waals surface area contributed by atoms with Crippen LogP contribution in [0.1, 0.15) is 36.2 Å². The van der Waals surface area contributed by atoms with Crippen LogP contribution in [0.5, 0.6) is 11.8 Å². The second-order valence-electron chi connectivity index (χ2n) is 11.0. The van der Waals surface area contributed by atoms with E-state index in [1.54, 1.807) is 6.08 Å². The van der Waals surface area contributed by atoms with Crippen LogP contribution in [0, 0.1) is 11.6 Å². The summed E-state index contributed by atoms with van der Waals surface area (Å²) in [5.74, 6) is -1.29. The Morgan fingerprint density at radius 1 is 1.06 bits per heavy atom. The van der Waals surface area contributed by atoms with Gasteiger partial charge in [-0.05, 0) is 61.2 Å². The van der Waals surface area contributed by atoms with E-state index in [9.17, 15) is 13.6 Å². The van der Waals surface area contributed by atoms with Crippen molar-refractivity contribution in [2.24, 2.45) is 0 Å². The van der Waals surface area contributed by atoms with Crippen molar-refractivity contribution in [2.75, 3.05) is 19.7 Å². The van der Waals surface area contributed by atoms with E-state index in [0.717, 1.165) is 67.5 Å². The first-order valence-electron chi connectivity index (χ1n) is 14.9. The van der Waals surface area contributed by atoms with Gasteiger partial charge in [0.25, 0.3) is 12.4 Å². The Labute approximate surface area is 274 Å². The van der Waals surface area contributed by atoms with Gasteiger partial charge in [0.1, 0.15) is 24.4 Å². The van der Waals surface area contributed by atoms with Crippen molar-refractivity contribution in [3.05, 3.63) is 88.2 Å². The number of pyridine rings is 1. The maximum Gasteiger partial charge on any atom is 0.328 e. The van der Waals surface area contributed by atoms with E-state index in [4.69, 9.17) is 45.8 Å². The lowest BCUT2D eigenvalue weighted by Crippen LogP contribution is -2.39. The molecule has 4 aromatic rings. The zero-order valence-corrected chi connectivity index (χ0v) is 26.0. The molecular formula is C33H33ClF2N4O7. The summed E-state index contributed by atoms with van der Waals surface area (Å²) in [6.07, 6.45) is 5.18. The molecule has 4 heterocycles. The summed E-state index contributed by atoms with van der Waals surface area (Å²) in [5, 5.41) is 16.2. The number of halogens is 3. The third-order valence-corrected chi connectivity index (χ3v) is 8.04. The number of nitrogens with zero attached hydrogens (tertiary/aromatic N) is 4. The molecule has 2 aromatic carbocycles. The summed E-state index contributed by atoms with van der Waals surface area (Å²) in [5.41, 5.74) is 2.82. The summed E-state index contributed by atoms with van der Waals surface area (Å²) in [6.45, 7) is 3.16. The molecule has 2 aromatic heterocycles. The molecule has 0 bridgehead atoms. The van der Waals surface area contributed by atoms with E-state index in [1.807, 2.05) is 18.2 Å². The lowest BCUT2D eigenvalue weighted by Gasteiger charge is -2.32. The molecule has 1 atom stereocenters. The monoisotopic (exact) mass is 670 g/mol. The standard InChI is InChI=1S/C32H31ClF2N4O5.CH2O2/c33-22-4-3-21(26(35)16-22)19-43-32-25(34)5-7-30(37-32)44-23-9-12-38(13-10-23)18-29-36-27-6-1-20(2-8-31(40)41)15-28(27)39(29)17-24-11-14-42-24;2-1-3/h1-8,15-16,23-24H,9-14,17-19H2,(H,40,41);1H,(H,2,3)/b8-2+;. The number of imidazole rings is 1. The zero-order valence-electron chi connectivity index (χ0n) is 25.2. The van der Waals surface area contributed by atoms with Crippen LogP contribution in [0.25, 0.3) is 17.1 Å². The molecule has 2 aliphatic heterocycles. The Kier molecular flexibility index (Phi) is 11.4. The minimum Gasteiger partial charge on any atom is -0.483 e. The van der Waals surface area contributed by atoms with Crippen LogP contribution >= 0.6 is 11.6 Å². The fourth-order valence-corrected chi connectivity index (χ4v) is 5.49. The molecule has 47 heavy (non-hydrogen) atoms. The molecule has 0 amide bonds. The van der Waals surface area contributed by atoms with Crippen LogP contribution in [0.4, 0.5) is 8.78 Å². The second-order valence-corrected chi connectivity index (χ2v) is 11.4. The average molecular weight is 671 g/mol. The van der Waals surface area contributed by atoms with Crippen molar-refractivity contribution in [3.8, 4) is 11.8 Å². The molecule has 2 saturated heterocycles. The van der Waals surface area contributed by atoms with Gasteiger partial charge in [-0.15, -0.1) is 0 Å². The van der Waals surface area contributed by atoms with Crippen LogP contribution < -0.4 is 9.47 Å². The molecule has 14 heteroatoms. The molecular weight excluding hydrogens is 638 g/mol. The number of fused-ring (bicyclic) bond motifs is 1. The van der Waals surface area contributed by atoms with E-state index in [2.05, 4.69) is 14.5 Å². The highest BCUT2D eigenvalue weighted by Crippen LogP contribution is 2.27. The Balaban J connectivity index is 0.00000139. The molecule has 2 aliphatic rings. The van der Waals surface area contributed by atoms with Crippen LogP contribution in [0.2, 0.25) is 5.02 Å². The minimum absolute atomic E-state index is 0.114. The Hall–Kier alpha value is -4.59. The lowest BCUT2D eigenvalue weighted by atomic mass is 10.1. The molecule has 0 aliphatic carbocycles. The van der Waals surface area contributed by atoms with Gasteiger partial charge in [-0.25, -0.2) is 18.6 Å². The van der Waals surface area contributed by atoms with Gasteiger partial charge in [0.15, 0.2) is 5.82 Å². The number of carbonyl (C=O) groups is 2. The topological polar surface area (TPSA) is 136 Å². The lowest BCUT2D eigenvalue weighted by molar-refractivity contribution is -0.131. The van der Waals surface area contributed by atoms with Gasteiger partial charge in [-0.2, -0.15) is 4.98 Å². The molecule has 1 unspecified atom stereocenters. The van der Waals surface area contributed by atoms with Crippen molar-refractivity contribution in [2.45, 2.75) is 51.2 Å². The number of carboxylic acids is 1. The first-order valence-corrected chi connectivity index (χ1v) is 15.3. The van der Waals surface area contributed by atoms with E-state index in [1.165, 1.54) is 30.3 Å². The Bertz CT molecular complexity index is 1740. The van der Waals surface area contributed by atoms with Crippen LogP contribution in [0.3, 0.4) is 0 Å². The van der Waals surface area contributed by atoms with Crippen molar-refractivity contribution in [1.82, 2.24) is 19.4 Å². The van der Waals surface area contributed by atoms with E-state index in [-0.39, 0.29) is 47.6 Å². The number of hydrogen-bond donors (Lipinski definition) is 2. The number of hydrogen-bond acceptors (Lipinski definition) is 8. The van der Waals surface area contributed by atoms with Crippen LogP contribution in [-0.4, -0.2) is 74.0 Å². The fourth-order valence-electron chi connectivity index (χ4n) is 5.33. The van der Waals surface area contributed by atoms with Gasteiger partial charge < -0.3 is 29.0 Å². The summed E-state index contributed by atoms with van der Waals surface area (Å²) < 4.78 is 47.9. The first kappa shape index (κ1) is 33.8. The molecule has 0 spiro atoms. The molecule has 248 valence electrons. The van der Waals surface area contributed by atoms with Gasteiger partial charge in [-0.1, -0.05) is 23.7 Å². The molecule has 0 saturated carbocycles. The maximum atomic E-state index is 14.4. The largest absolute Gasteiger partial charge is 0.483 e. The number of piperidine rings is 1. The predicted molar refractivity (Wildman–Crippen MR) is 168 cm³/mol. The molecule has 0 radical (unpaired) electrons. The molecule has 2 N–H and O–H groups in total. The van der Waals surface area contributed by atoms with Crippen molar-refractivity contribution in [1.29, 1.82) is 0 Å². The number of ether oxygens (including phenoxy) is 3. The normalized spacial score (nSPS) is 16.8. The van der Waals surface area contributed by atoms with Crippen molar-refractivity contribution < 1.29 is 42.8 Å². The average Bonchev–Trinajstić information content (AvgIpc) is 3.36. The third kappa shape index (κ3) is 9.03. The summed E-state index contributed by atoms with van der Waals surface area (Å²) in [6, 6.07) is 12.6. The quantitative estimate of drug-likeness (QED) is 0.154. The van der Waals surface area contributed by atoms with Gasteiger partial charge in [0.2, 0.25) is 5.88 Å². The zero-order chi connectivity index (χ0) is 33.3. The van der Waals surface area contributed by atoms with Crippen molar-refractivity contribution in [3.63, 3.8) is 0 Å². The predicted octanol–water partition coefficient (Wildman–Crippen LogP) is 5.57. The van der Waals surface area contributed by atoms with E-state index < -0.39 is 17.6 Å². The number of aromatic nitrogens is 3. The highest BCUT2D eigenvalue weighted by atomic mass is 35.5. The first-order chi connectivity index (χ1) is 22.7. The Morgan fingerprint density at radius 2 is 1.83 bits per heavy atom. The highest BCUT2D eigenvalue weighted by Gasteiger charge is 2.26. The number of rotatable bonds is 11. The maximum absolute atomic E-state index is 14.4. The smallest absolute Gasteiger partial charge is 0.328 e. The van der Waals surface area contributed by atoms with Gasteiger partial charge >= 0.3 is 5.97 Å². The van der Waals surface area contributed by atoms with Gasteiger partial charge in [0.05, 0.1) is 30.2 Å². The SMILES string of the molecule is O=C(O)/C=C/c1ccc2nc(CN3CCC(Oc4ccc(F)c(OCc5ccc(Cl)cc5F)n4)CC3)n(CC3CCO3)c2c1.O=CO. The van der Waals surface area contributed by atoms with Crippen molar-refractivity contribution >= 4 is 41.2 Å². The molecule has 11 nitrogen and oxygen atoms in total. The number of benzene rings is 2. The summed E-state index contributed by atoms with van der Waals surface area (Å²) in [4.78, 5) is 30.8. The second kappa shape index (κ2) is 15.8. The van der Waals surface area contributed by atoms with E-state index in [0.29, 0.717) is 13.1 Å². The summed E-state index contributed by atoms with van der Waals surface area (Å²) in [7, 11) is 0.